The molecule has 100 valence electrons. The number of aldehydes is 1. The first-order chi connectivity index (χ1) is 9.11. The fraction of sp³-hybridized carbons (Fsp3) is 0.333. The Morgan fingerprint density at radius 2 is 1.95 bits per heavy atom. The summed E-state index contributed by atoms with van der Waals surface area (Å²) in [7, 11) is 0. The molecule has 0 saturated carbocycles. The second-order valence-corrected chi connectivity index (χ2v) is 5.30. The molecule has 0 saturated heterocycles. The number of hydrogen-bond acceptors (Lipinski definition) is 2. The van der Waals surface area contributed by atoms with E-state index in [1.165, 1.54) is 0 Å². The molecule has 0 aliphatic rings. The van der Waals surface area contributed by atoms with E-state index in [4.69, 9.17) is 11.6 Å². The summed E-state index contributed by atoms with van der Waals surface area (Å²) in [6, 6.07) is 9.76. The normalized spacial score (nSPS) is 12.6. The van der Waals surface area contributed by atoms with Crippen LogP contribution in [0.2, 0.25) is 5.02 Å². The highest BCUT2D eigenvalue weighted by atomic mass is 35.5. The van der Waals surface area contributed by atoms with Crippen LogP contribution in [0, 0.1) is 0 Å². The molecule has 1 aromatic carbocycles. The molecule has 0 bridgehead atoms. The Morgan fingerprint density at radius 3 is 2.53 bits per heavy atom. The van der Waals surface area contributed by atoms with Crippen molar-refractivity contribution in [3.05, 3.63) is 52.8 Å². The number of aromatic nitrogens is 2. The molecular weight excluding hydrogens is 260 g/mol. The van der Waals surface area contributed by atoms with Crippen molar-refractivity contribution >= 4 is 17.9 Å². The van der Waals surface area contributed by atoms with Crippen LogP contribution >= 0.6 is 11.6 Å². The average Bonchev–Trinajstić information content (AvgIpc) is 2.87. The summed E-state index contributed by atoms with van der Waals surface area (Å²) in [6.07, 6.45) is 3.40. The predicted molar refractivity (Wildman–Crippen MR) is 76.6 cm³/mol. The van der Waals surface area contributed by atoms with Crippen molar-refractivity contribution in [1.29, 1.82) is 0 Å². The number of rotatable bonds is 5. The van der Waals surface area contributed by atoms with E-state index in [1.807, 2.05) is 35.0 Å². The first-order valence-electron chi connectivity index (χ1n) is 6.35. The Labute approximate surface area is 118 Å². The molecule has 1 atom stereocenters. The maximum absolute atomic E-state index is 11.4. The van der Waals surface area contributed by atoms with Gasteiger partial charge in [0, 0.05) is 23.0 Å². The van der Waals surface area contributed by atoms with Crippen LogP contribution < -0.4 is 0 Å². The first kappa shape index (κ1) is 13.8. The molecule has 2 rings (SSSR count). The van der Waals surface area contributed by atoms with Crippen LogP contribution in [-0.4, -0.2) is 16.1 Å². The Bertz CT molecular complexity index is 546. The lowest BCUT2D eigenvalue weighted by Gasteiger charge is -2.16. The van der Waals surface area contributed by atoms with Crippen LogP contribution in [-0.2, 0) is 11.2 Å². The van der Waals surface area contributed by atoms with Crippen molar-refractivity contribution in [3.8, 4) is 0 Å². The SMILES string of the molecule is CC(C)n1nccc1C(C=O)Cc1ccc(Cl)cc1. The van der Waals surface area contributed by atoms with Gasteiger partial charge in [0.1, 0.15) is 6.29 Å². The van der Waals surface area contributed by atoms with E-state index >= 15 is 0 Å². The standard InChI is InChI=1S/C15H17ClN2O/c1-11(2)18-15(7-8-17-18)13(10-19)9-12-3-5-14(16)6-4-12/h3-8,10-11,13H,9H2,1-2H3. The molecule has 0 fully saturated rings. The number of nitrogens with zero attached hydrogens (tertiary/aromatic N) is 2. The third-order valence-corrected chi connectivity index (χ3v) is 3.36. The summed E-state index contributed by atoms with van der Waals surface area (Å²) < 4.78 is 1.90. The van der Waals surface area contributed by atoms with Crippen LogP contribution in [0.4, 0.5) is 0 Å². The summed E-state index contributed by atoms with van der Waals surface area (Å²) in [5.41, 5.74) is 2.05. The van der Waals surface area contributed by atoms with Crippen molar-refractivity contribution in [2.45, 2.75) is 32.2 Å². The van der Waals surface area contributed by atoms with Gasteiger partial charge >= 0.3 is 0 Å². The van der Waals surface area contributed by atoms with Crippen molar-refractivity contribution in [3.63, 3.8) is 0 Å². The van der Waals surface area contributed by atoms with E-state index in [0.29, 0.717) is 11.4 Å². The summed E-state index contributed by atoms with van der Waals surface area (Å²) in [6.45, 7) is 4.11. The summed E-state index contributed by atoms with van der Waals surface area (Å²) in [5.74, 6) is -0.175. The zero-order valence-corrected chi connectivity index (χ0v) is 11.8. The van der Waals surface area contributed by atoms with Gasteiger partial charge in [-0.1, -0.05) is 23.7 Å². The molecule has 19 heavy (non-hydrogen) atoms. The van der Waals surface area contributed by atoms with Crippen LogP contribution in [0.3, 0.4) is 0 Å². The van der Waals surface area contributed by atoms with Gasteiger partial charge < -0.3 is 4.79 Å². The Balaban J connectivity index is 2.22. The number of halogens is 1. The molecule has 2 aromatic rings. The monoisotopic (exact) mass is 276 g/mol. The molecule has 4 heteroatoms. The van der Waals surface area contributed by atoms with Gasteiger partial charge in [-0.15, -0.1) is 0 Å². The lowest BCUT2D eigenvalue weighted by Crippen LogP contribution is -2.14. The number of carbonyl (C=O) groups is 1. The highest BCUT2D eigenvalue weighted by molar-refractivity contribution is 6.30. The molecule has 0 amide bonds. The van der Waals surface area contributed by atoms with Crippen molar-refractivity contribution < 1.29 is 4.79 Å². The van der Waals surface area contributed by atoms with E-state index in [1.54, 1.807) is 6.20 Å². The van der Waals surface area contributed by atoms with E-state index in [0.717, 1.165) is 17.5 Å². The number of benzene rings is 1. The maximum Gasteiger partial charge on any atom is 0.129 e. The highest BCUT2D eigenvalue weighted by Crippen LogP contribution is 2.22. The third-order valence-electron chi connectivity index (χ3n) is 3.10. The summed E-state index contributed by atoms with van der Waals surface area (Å²) in [5, 5.41) is 4.98. The largest absolute Gasteiger partial charge is 0.303 e. The second kappa shape index (κ2) is 6.02. The van der Waals surface area contributed by atoms with Gasteiger partial charge in [-0.05, 0) is 44.0 Å². The predicted octanol–water partition coefficient (Wildman–Crippen LogP) is 3.64. The van der Waals surface area contributed by atoms with Crippen LogP contribution in [0.5, 0.6) is 0 Å². The minimum absolute atomic E-state index is 0.175. The lowest BCUT2D eigenvalue weighted by atomic mass is 9.97. The average molecular weight is 277 g/mol. The van der Waals surface area contributed by atoms with E-state index in [-0.39, 0.29) is 12.0 Å². The van der Waals surface area contributed by atoms with Gasteiger partial charge in [-0.2, -0.15) is 5.10 Å². The molecule has 1 unspecified atom stereocenters. The van der Waals surface area contributed by atoms with Crippen molar-refractivity contribution in [2.75, 3.05) is 0 Å². The third kappa shape index (κ3) is 3.24. The lowest BCUT2D eigenvalue weighted by molar-refractivity contribution is -0.109. The number of carbonyl (C=O) groups excluding carboxylic acids is 1. The number of hydrogen-bond donors (Lipinski definition) is 0. The smallest absolute Gasteiger partial charge is 0.129 e. The molecule has 0 aliphatic heterocycles. The molecule has 0 aliphatic carbocycles. The quantitative estimate of drug-likeness (QED) is 0.782. The van der Waals surface area contributed by atoms with Crippen LogP contribution in [0.15, 0.2) is 36.5 Å². The molecule has 0 radical (unpaired) electrons. The van der Waals surface area contributed by atoms with Crippen molar-refractivity contribution in [1.82, 2.24) is 9.78 Å². The zero-order valence-electron chi connectivity index (χ0n) is 11.1. The molecule has 1 heterocycles. The van der Waals surface area contributed by atoms with Crippen LogP contribution in [0.1, 0.15) is 37.1 Å². The maximum atomic E-state index is 11.4. The van der Waals surface area contributed by atoms with Gasteiger partial charge in [0.05, 0.1) is 5.92 Å². The fourth-order valence-corrected chi connectivity index (χ4v) is 2.27. The molecular formula is C15H17ClN2O. The minimum Gasteiger partial charge on any atom is -0.303 e. The fourth-order valence-electron chi connectivity index (χ4n) is 2.15. The molecule has 0 spiro atoms. The van der Waals surface area contributed by atoms with E-state index in [2.05, 4.69) is 18.9 Å². The van der Waals surface area contributed by atoms with Gasteiger partial charge in [0.25, 0.3) is 0 Å². The Morgan fingerprint density at radius 1 is 1.26 bits per heavy atom. The van der Waals surface area contributed by atoms with Crippen molar-refractivity contribution in [2.24, 2.45) is 0 Å². The first-order valence-corrected chi connectivity index (χ1v) is 6.72. The highest BCUT2D eigenvalue weighted by Gasteiger charge is 2.17. The summed E-state index contributed by atoms with van der Waals surface area (Å²) in [4.78, 5) is 11.4. The topological polar surface area (TPSA) is 34.9 Å². The van der Waals surface area contributed by atoms with E-state index < -0.39 is 0 Å². The molecule has 0 N–H and O–H groups in total. The molecule has 1 aromatic heterocycles. The zero-order chi connectivity index (χ0) is 13.8. The van der Waals surface area contributed by atoms with Gasteiger partial charge in [0.2, 0.25) is 0 Å². The van der Waals surface area contributed by atoms with E-state index in [9.17, 15) is 4.79 Å². The molecule has 3 nitrogen and oxygen atoms in total. The Hall–Kier alpha value is -1.61. The van der Waals surface area contributed by atoms with Gasteiger partial charge in [-0.25, -0.2) is 0 Å². The van der Waals surface area contributed by atoms with Crippen LogP contribution in [0.25, 0.3) is 0 Å². The Kier molecular flexibility index (Phi) is 4.38. The van der Waals surface area contributed by atoms with Gasteiger partial charge in [-0.3, -0.25) is 4.68 Å². The summed E-state index contributed by atoms with van der Waals surface area (Å²) >= 11 is 5.86. The minimum atomic E-state index is -0.175. The van der Waals surface area contributed by atoms with Gasteiger partial charge in [0.15, 0.2) is 0 Å². The second-order valence-electron chi connectivity index (χ2n) is 4.87.